The molecule has 0 unspecified atom stereocenters. The lowest BCUT2D eigenvalue weighted by Gasteiger charge is -2.08. The molecule has 2 nitrogen and oxygen atoms in total. The zero-order chi connectivity index (χ0) is 16.5. The Labute approximate surface area is 141 Å². The number of halogens is 3. The predicted molar refractivity (Wildman–Crippen MR) is 92.8 cm³/mol. The van der Waals surface area contributed by atoms with Gasteiger partial charge in [-0.3, -0.25) is 0 Å². The van der Waals surface area contributed by atoms with Gasteiger partial charge in [0.25, 0.3) is 0 Å². The van der Waals surface area contributed by atoms with Crippen LogP contribution in [0, 0.1) is 0 Å². The number of hydrogen-bond donors (Lipinski definition) is 0. The molecule has 0 amide bonds. The molecule has 2 aromatic carbocycles. The third kappa shape index (κ3) is 1.88. The third-order valence-electron chi connectivity index (χ3n) is 4.04. The van der Waals surface area contributed by atoms with Gasteiger partial charge in [0, 0.05) is 10.8 Å². The normalized spacial score (nSPS) is 12.8. The molecule has 24 heavy (non-hydrogen) atoms. The van der Waals surface area contributed by atoms with E-state index in [4.69, 9.17) is 0 Å². The van der Waals surface area contributed by atoms with E-state index in [1.807, 2.05) is 22.9 Å². The summed E-state index contributed by atoms with van der Waals surface area (Å²) in [6.45, 7) is 0. The van der Waals surface area contributed by atoms with E-state index in [1.165, 1.54) is 6.07 Å². The molecule has 3 aromatic heterocycles. The van der Waals surface area contributed by atoms with Crippen LogP contribution in [0.5, 0.6) is 0 Å². The number of fused-ring (bicyclic) bond motifs is 7. The molecule has 118 valence electrons. The number of alkyl halides is 3. The highest BCUT2D eigenvalue weighted by Crippen LogP contribution is 2.40. The van der Waals surface area contributed by atoms with Crippen molar-refractivity contribution in [2.45, 2.75) is 6.18 Å². The van der Waals surface area contributed by atoms with Crippen LogP contribution in [0.25, 0.3) is 42.2 Å². The van der Waals surface area contributed by atoms with E-state index in [1.54, 1.807) is 22.7 Å². The Hall–Kier alpha value is -2.25. The molecule has 3 heterocycles. The van der Waals surface area contributed by atoms with E-state index in [-0.39, 0.29) is 5.52 Å². The van der Waals surface area contributed by atoms with E-state index in [0.717, 1.165) is 37.8 Å². The first-order chi connectivity index (χ1) is 11.5. The number of nitrogens with zero attached hydrogens (tertiary/aromatic N) is 2. The second-order valence-electron chi connectivity index (χ2n) is 5.45. The number of rotatable bonds is 0. The van der Waals surface area contributed by atoms with Crippen LogP contribution < -0.4 is 0 Å². The van der Waals surface area contributed by atoms with E-state index in [0.29, 0.717) is 11.0 Å². The second-order valence-corrected chi connectivity index (χ2v) is 7.28. The molecule has 0 atom stereocenters. The molecule has 0 radical (unpaired) electrons. The smallest absolute Gasteiger partial charge is 0.244 e. The molecule has 0 fully saturated rings. The highest BCUT2D eigenvalue weighted by molar-refractivity contribution is 7.25. The molecule has 0 bridgehead atoms. The Balaban J connectivity index is 1.98. The Morgan fingerprint density at radius 1 is 0.750 bits per heavy atom. The van der Waals surface area contributed by atoms with Crippen molar-refractivity contribution in [1.29, 1.82) is 0 Å². The van der Waals surface area contributed by atoms with Crippen molar-refractivity contribution >= 4 is 64.9 Å². The molecular formula is C17H7F3N2S2. The quantitative estimate of drug-likeness (QED) is 0.306. The van der Waals surface area contributed by atoms with Crippen molar-refractivity contribution < 1.29 is 13.2 Å². The molecule has 5 rings (SSSR count). The van der Waals surface area contributed by atoms with Crippen LogP contribution in [0.2, 0.25) is 0 Å². The number of benzene rings is 2. The molecule has 0 aliphatic rings. The SMILES string of the molecule is FC(F)(F)c1ccc2nc3c4ccsc4c4sccc4c3nc2c1. The van der Waals surface area contributed by atoms with Crippen LogP contribution in [0.3, 0.4) is 0 Å². The fraction of sp³-hybridized carbons (Fsp3) is 0.0588. The maximum absolute atomic E-state index is 13.0. The Morgan fingerprint density at radius 3 is 1.92 bits per heavy atom. The molecular weight excluding hydrogens is 353 g/mol. The van der Waals surface area contributed by atoms with Gasteiger partial charge in [0.05, 0.1) is 37.0 Å². The minimum atomic E-state index is -4.39. The maximum atomic E-state index is 13.0. The van der Waals surface area contributed by atoms with E-state index in [9.17, 15) is 13.2 Å². The predicted octanol–water partition coefficient (Wildman–Crippen LogP) is 6.23. The third-order valence-corrected chi connectivity index (χ3v) is 6.03. The molecule has 0 aliphatic heterocycles. The van der Waals surface area contributed by atoms with Gasteiger partial charge in [-0.1, -0.05) is 0 Å². The highest BCUT2D eigenvalue weighted by Gasteiger charge is 2.30. The highest BCUT2D eigenvalue weighted by atomic mass is 32.1. The average molecular weight is 360 g/mol. The van der Waals surface area contributed by atoms with Gasteiger partial charge in [0.15, 0.2) is 0 Å². The van der Waals surface area contributed by atoms with Crippen LogP contribution in [0.1, 0.15) is 5.56 Å². The van der Waals surface area contributed by atoms with E-state index in [2.05, 4.69) is 9.97 Å². The minimum absolute atomic E-state index is 0.263. The van der Waals surface area contributed by atoms with Crippen LogP contribution in [0.15, 0.2) is 41.1 Å². The van der Waals surface area contributed by atoms with E-state index < -0.39 is 11.7 Å². The van der Waals surface area contributed by atoms with Crippen LogP contribution in [0.4, 0.5) is 13.2 Å². The molecule has 0 aliphatic carbocycles. The number of aromatic nitrogens is 2. The molecule has 0 spiro atoms. The van der Waals surface area contributed by atoms with Crippen molar-refractivity contribution in [1.82, 2.24) is 9.97 Å². The first-order valence-corrected chi connectivity index (χ1v) is 8.83. The largest absolute Gasteiger partial charge is 0.416 e. The summed E-state index contributed by atoms with van der Waals surface area (Å²) >= 11 is 3.25. The molecule has 0 saturated carbocycles. The lowest BCUT2D eigenvalue weighted by molar-refractivity contribution is -0.137. The number of thiophene rings is 2. The summed E-state index contributed by atoms with van der Waals surface area (Å²) in [4.78, 5) is 9.14. The summed E-state index contributed by atoms with van der Waals surface area (Å²) in [6.07, 6.45) is -4.39. The fourth-order valence-corrected chi connectivity index (χ4v) is 4.94. The van der Waals surface area contributed by atoms with Gasteiger partial charge in [-0.15, -0.1) is 22.7 Å². The maximum Gasteiger partial charge on any atom is 0.416 e. The van der Waals surface area contributed by atoms with Gasteiger partial charge in [0.1, 0.15) is 0 Å². The Morgan fingerprint density at radius 2 is 1.33 bits per heavy atom. The zero-order valence-electron chi connectivity index (χ0n) is 11.9. The summed E-state index contributed by atoms with van der Waals surface area (Å²) in [5.74, 6) is 0. The van der Waals surface area contributed by atoms with Crippen molar-refractivity contribution in [3.05, 3.63) is 46.7 Å². The van der Waals surface area contributed by atoms with Crippen molar-refractivity contribution in [3.8, 4) is 0 Å². The van der Waals surface area contributed by atoms with Gasteiger partial charge >= 0.3 is 6.18 Å². The topological polar surface area (TPSA) is 25.8 Å². The first kappa shape index (κ1) is 14.1. The van der Waals surface area contributed by atoms with Crippen molar-refractivity contribution in [3.63, 3.8) is 0 Å². The zero-order valence-corrected chi connectivity index (χ0v) is 13.5. The summed E-state index contributed by atoms with van der Waals surface area (Å²) in [7, 11) is 0. The lowest BCUT2D eigenvalue weighted by Crippen LogP contribution is -2.04. The van der Waals surface area contributed by atoms with Gasteiger partial charge in [-0.25, -0.2) is 9.97 Å². The molecule has 0 N–H and O–H groups in total. The monoisotopic (exact) mass is 360 g/mol. The van der Waals surface area contributed by atoms with Crippen LogP contribution in [-0.4, -0.2) is 9.97 Å². The summed E-state index contributed by atoms with van der Waals surface area (Å²) in [6, 6.07) is 7.46. The van der Waals surface area contributed by atoms with E-state index >= 15 is 0 Å². The lowest BCUT2D eigenvalue weighted by atomic mass is 10.1. The first-order valence-electron chi connectivity index (χ1n) is 7.07. The van der Waals surface area contributed by atoms with Gasteiger partial charge in [0.2, 0.25) is 0 Å². The summed E-state index contributed by atoms with van der Waals surface area (Å²) in [5, 5.41) is 5.92. The second kappa shape index (κ2) is 4.64. The fourth-order valence-electron chi connectivity index (χ4n) is 2.95. The average Bonchev–Trinajstić information content (AvgIpc) is 3.20. The van der Waals surface area contributed by atoms with Crippen molar-refractivity contribution in [2.24, 2.45) is 0 Å². The Bertz CT molecular complexity index is 1250. The molecule has 7 heteroatoms. The van der Waals surface area contributed by atoms with Crippen LogP contribution >= 0.6 is 22.7 Å². The van der Waals surface area contributed by atoms with Crippen LogP contribution in [-0.2, 0) is 6.18 Å². The summed E-state index contributed by atoms with van der Waals surface area (Å²) in [5.41, 5.74) is 1.42. The Kier molecular flexibility index (Phi) is 2.73. The van der Waals surface area contributed by atoms with Crippen molar-refractivity contribution in [2.75, 3.05) is 0 Å². The van der Waals surface area contributed by atoms with Gasteiger partial charge < -0.3 is 0 Å². The van der Waals surface area contributed by atoms with Gasteiger partial charge in [-0.2, -0.15) is 13.2 Å². The number of hydrogen-bond acceptors (Lipinski definition) is 4. The molecule has 0 saturated heterocycles. The standard InChI is InChI=1S/C17H7F3N2S2/c18-17(19,20)8-1-2-11-12(7-8)22-14-10-4-6-24-16(10)15-9(3-5-23-15)13(14)21-11/h1-7H. The van der Waals surface area contributed by atoms with Gasteiger partial charge in [-0.05, 0) is 41.1 Å². The minimum Gasteiger partial charge on any atom is -0.244 e. The summed E-state index contributed by atoms with van der Waals surface area (Å²) < 4.78 is 41.1. The molecule has 5 aromatic rings.